The Kier molecular flexibility index (Phi) is 32.2. The lowest BCUT2D eigenvalue weighted by Crippen LogP contribution is -2.17. The monoisotopic (exact) mass is 603 g/mol. The molecule has 0 saturated carbocycles. The SMILES string of the molecule is O=C(CCCCCCCCCCCCCCCCCCCCCCCCCCCCCCCCCP(=O)(O)O)NO. The van der Waals surface area contributed by atoms with E-state index in [1.165, 1.54) is 167 Å². The summed E-state index contributed by atoms with van der Waals surface area (Å²) in [5.41, 5.74) is 1.69. The molecule has 0 aliphatic carbocycles. The number of carbonyl (C=O) groups is 1. The molecule has 41 heavy (non-hydrogen) atoms. The highest BCUT2D eigenvalue weighted by atomic mass is 31.2. The van der Waals surface area contributed by atoms with E-state index in [4.69, 9.17) is 15.0 Å². The fourth-order valence-electron chi connectivity index (χ4n) is 5.79. The molecular weight excluding hydrogens is 533 g/mol. The van der Waals surface area contributed by atoms with Crippen LogP contribution in [0.3, 0.4) is 0 Å². The van der Waals surface area contributed by atoms with Crippen LogP contribution in [0.5, 0.6) is 0 Å². The van der Waals surface area contributed by atoms with Gasteiger partial charge in [-0.3, -0.25) is 14.6 Å². The zero-order chi connectivity index (χ0) is 30.1. The summed E-state index contributed by atoms with van der Waals surface area (Å²) in [4.78, 5) is 28.6. The number of hydrogen-bond donors (Lipinski definition) is 4. The van der Waals surface area contributed by atoms with E-state index in [-0.39, 0.29) is 12.1 Å². The van der Waals surface area contributed by atoms with Gasteiger partial charge < -0.3 is 9.79 Å². The Morgan fingerprint density at radius 1 is 0.390 bits per heavy atom. The van der Waals surface area contributed by atoms with Gasteiger partial charge in [-0.05, 0) is 12.8 Å². The Bertz CT molecular complexity index is 583. The van der Waals surface area contributed by atoms with E-state index >= 15 is 0 Å². The average Bonchev–Trinajstić information content (AvgIpc) is 2.94. The third-order valence-electron chi connectivity index (χ3n) is 8.48. The van der Waals surface area contributed by atoms with Gasteiger partial charge in [-0.2, -0.15) is 0 Å². The van der Waals surface area contributed by atoms with Gasteiger partial charge in [-0.1, -0.05) is 186 Å². The van der Waals surface area contributed by atoms with Crippen molar-refractivity contribution in [2.45, 2.75) is 205 Å². The smallest absolute Gasteiger partial charge is 0.324 e. The molecular formula is C34H70NO5P. The lowest BCUT2D eigenvalue weighted by molar-refractivity contribution is -0.129. The minimum absolute atomic E-state index is 0.0536. The molecule has 0 aromatic carbocycles. The molecule has 0 radical (unpaired) electrons. The third-order valence-corrected chi connectivity index (χ3v) is 9.38. The maximum absolute atomic E-state index is 10.9. The summed E-state index contributed by atoms with van der Waals surface area (Å²) < 4.78 is 10.8. The Morgan fingerprint density at radius 3 is 0.780 bits per heavy atom. The number of unbranched alkanes of at least 4 members (excludes halogenated alkanes) is 30. The first-order valence-corrected chi connectivity index (χ1v) is 19.7. The number of amides is 1. The van der Waals surface area contributed by atoms with Gasteiger partial charge in [-0.25, -0.2) is 5.48 Å². The Morgan fingerprint density at radius 2 is 0.585 bits per heavy atom. The molecule has 0 fully saturated rings. The topological polar surface area (TPSA) is 107 Å². The molecule has 0 spiro atoms. The highest BCUT2D eigenvalue weighted by Gasteiger charge is 2.10. The zero-order valence-corrected chi connectivity index (χ0v) is 27.8. The molecule has 0 aliphatic heterocycles. The van der Waals surface area contributed by atoms with Gasteiger partial charge in [0.15, 0.2) is 0 Å². The fraction of sp³-hybridized carbons (Fsp3) is 0.971. The molecule has 6 nitrogen and oxygen atoms in total. The molecule has 7 heteroatoms. The lowest BCUT2D eigenvalue weighted by Gasteiger charge is -2.05. The van der Waals surface area contributed by atoms with E-state index in [0.717, 1.165) is 25.7 Å². The van der Waals surface area contributed by atoms with Crippen LogP contribution in [0.25, 0.3) is 0 Å². The van der Waals surface area contributed by atoms with Crippen molar-refractivity contribution in [2.24, 2.45) is 0 Å². The van der Waals surface area contributed by atoms with Crippen molar-refractivity contribution in [3.63, 3.8) is 0 Å². The van der Waals surface area contributed by atoms with Crippen LogP contribution in [-0.4, -0.2) is 27.1 Å². The molecule has 0 aliphatic rings. The van der Waals surface area contributed by atoms with Crippen LogP contribution in [0.2, 0.25) is 0 Å². The van der Waals surface area contributed by atoms with Crippen LogP contribution in [0.4, 0.5) is 0 Å². The predicted molar refractivity (Wildman–Crippen MR) is 175 cm³/mol. The molecule has 0 rings (SSSR count). The summed E-state index contributed by atoms with van der Waals surface area (Å²) in [5.74, 6) is -0.264. The maximum atomic E-state index is 10.9. The normalized spacial score (nSPS) is 11.8. The van der Waals surface area contributed by atoms with E-state index in [0.29, 0.717) is 12.8 Å². The van der Waals surface area contributed by atoms with Crippen molar-refractivity contribution in [3.05, 3.63) is 0 Å². The van der Waals surface area contributed by atoms with Gasteiger partial charge in [0.2, 0.25) is 5.91 Å². The van der Waals surface area contributed by atoms with E-state index in [1.54, 1.807) is 5.48 Å². The molecule has 0 atom stereocenters. The van der Waals surface area contributed by atoms with Gasteiger partial charge in [0.25, 0.3) is 0 Å². The summed E-state index contributed by atoms with van der Waals surface area (Å²) in [6.07, 6.45) is 41.0. The van der Waals surface area contributed by atoms with Crippen molar-refractivity contribution in [1.82, 2.24) is 5.48 Å². The van der Waals surface area contributed by atoms with Gasteiger partial charge in [0.1, 0.15) is 0 Å². The van der Waals surface area contributed by atoms with E-state index in [1.807, 2.05) is 0 Å². The molecule has 0 heterocycles. The first-order chi connectivity index (χ1) is 20.0. The first kappa shape index (κ1) is 40.6. The quantitative estimate of drug-likeness (QED) is 0.0253. The highest BCUT2D eigenvalue weighted by Crippen LogP contribution is 2.35. The van der Waals surface area contributed by atoms with E-state index in [2.05, 4.69) is 0 Å². The van der Waals surface area contributed by atoms with Crippen LogP contribution >= 0.6 is 7.60 Å². The summed E-state index contributed by atoms with van der Waals surface area (Å²) >= 11 is 0. The predicted octanol–water partition coefficient (Wildman–Crippen LogP) is 11.2. The molecule has 1 amide bonds. The second-order valence-corrected chi connectivity index (χ2v) is 14.4. The Labute approximate surface area is 254 Å². The van der Waals surface area contributed by atoms with Crippen molar-refractivity contribution in [2.75, 3.05) is 6.16 Å². The average molecular weight is 604 g/mol. The second-order valence-electron chi connectivity index (χ2n) is 12.6. The molecule has 0 bridgehead atoms. The molecule has 4 N–H and O–H groups in total. The van der Waals surface area contributed by atoms with Crippen molar-refractivity contribution in [1.29, 1.82) is 0 Å². The van der Waals surface area contributed by atoms with Gasteiger partial charge in [0.05, 0.1) is 0 Å². The standard InChI is InChI=1S/C34H70NO5P/c36-34(35-37)32-30-28-26-24-22-20-18-16-14-12-10-8-6-4-2-1-3-5-7-9-11-13-15-17-19-21-23-25-27-29-31-33-41(38,39)40/h37H,1-33H2,(H,35,36)(H2,38,39,40). The van der Waals surface area contributed by atoms with E-state index < -0.39 is 7.60 Å². The number of carbonyl (C=O) groups excluding carboxylic acids is 1. The molecule has 0 saturated heterocycles. The van der Waals surface area contributed by atoms with Crippen molar-refractivity contribution < 1.29 is 24.4 Å². The van der Waals surface area contributed by atoms with Crippen LogP contribution in [0, 0.1) is 0 Å². The largest absolute Gasteiger partial charge is 0.325 e. The van der Waals surface area contributed by atoms with Gasteiger partial charge >= 0.3 is 7.60 Å². The number of nitrogens with one attached hydrogen (secondary N) is 1. The van der Waals surface area contributed by atoms with Crippen molar-refractivity contribution in [3.8, 4) is 0 Å². The highest BCUT2D eigenvalue weighted by molar-refractivity contribution is 7.51. The first-order valence-electron chi connectivity index (χ1n) is 17.9. The number of rotatable bonds is 34. The van der Waals surface area contributed by atoms with Crippen LogP contribution in [-0.2, 0) is 9.36 Å². The minimum Gasteiger partial charge on any atom is -0.324 e. The molecule has 0 unspecified atom stereocenters. The Balaban J connectivity index is 3.07. The maximum Gasteiger partial charge on any atom is 0.325 e. The zero-order valence-electron chi connectivity index (χ0n) is 26.9. The lowest BCUT2D eigenvalue weighted by atomic mass is 10.0. The summed E-state index contributed by atoms with van der Waals surface area (Å²) in [6, 6.07) is 0. The van der Waals surface area contributed by atoms with Crippen LogP contribution in [0.1, 0.15) is 205 Å². The molecule has 0 aromatic rings. The minimum atomic E-state index is -3.78. The molecule has 246 valence electrons. The van der Waals surface area contributed by atoms with Gasteiger partial charge in [0, 0.05) is 12.6 Å². The fourth-order valence-corrected chi connectivity index (χ4v) is 6.42. The third kappa shape index (κ3) is 37.6. The summed E-state index contributed by atoms with van der Waals surface area (Å²) in [6.45, 7) is 0. The van der Waals surface area contributed by atoms with Crippen LogP contribution in [0.15, 0.2) is 0 Å². The van der Waals surface area contributed by atoms with Crippen molar-refractivity contribution >= 4 is 13.5 Å². The number of hydroxylamine groups is 1. The summed E-state index contributed by atoms with van der Waals surface area (Å²) in [5, 5.41) is 8.45. The Hall–Kier alpha value is -0.420. The second kappa shape index (κ2) is 32.5. The molecule has 0 aromatic heterocycles. The number of hydrogen-bond acceptors (Lipinski definition) is 3. The van der Waals surface area contributed by atoms with E-state index in [9.17, 15) is 9.36 Å². The van der Waals surface area contributed by atoms with Gasteiger partial charge in [-0.15, -0.1) is 0 Å². The summed E-state index contributed by atoms with van der Waals surface area (Å²) in [7, 11) is -3.78. The van der Waals surface area contributed by atoms with Crippen LogP contribution < -0.4 is 5.48 Å².